The minimum Gasteiger partial charge on any atom is -0.453 e. The van der Waals surface area contributed by atoms with Gasteiger partial charge < -0.3 is 14.6 Å². The third-order valence-electron chi connectivity index (χ3n) is 3.43. The number of hydrogen-bond acceptors (Lipinski definition) is 7. The molecule has 3 rings (SSSR count). The van der Waals surface area contributed by atoms with E-state index in [1.165, 1.54) is 17.4 Å². The van der Waals surface area contributed by atoms with Gasteiger partial charge in [-0.1, -0.05) is 22.9 Å². The zero-order valence-electron chi connectivity index (χ0n) is 14.3. The number of nitrogens with zero attached hydrogens (tertiary/aromatic N) is 2. The fourth-order valence-corrected chi connectivity index (χ4v) is 2.92. The summed E-state index contributed by atoms with van der Waals surface area (Å²) in [5.74, 6) is -0.698. The highest BCUT2D eigenvalue weighted by atomic mass is 32.1. The van der Waals surface area contributed by atoms with Crippen LogP contribution in [0.3, 0.4) is 0 Å². The summed E-state index contributed by atoms with van der Waals surface area (Å²) in [6.07, 6.45) is 0.161. The number of carbonyl (C=O) groups is 2. The van der Waals surface area contributed by atoms with Crippen LogP contribution < -0.4 is 5.32 Å². The molecule has 3 aromatic rings. The molecule has 2 heterocycles. The van der Waals surface area contributed by atoms with E-state index in [0.717, 1.165) is 11.3 Å². The zero-order valence-corrected chi connectivity index (χ0v) is 15.1. The molecule has 0 bridgehead atoms. The number of aryl methyl sites for hydroxylation is 2. The van der Waals surface area contributed by atoms with E-state index in [9.17, 15) is 9.59 Å². The molecule has 7 nitrogen and oxygen atoms in total. The second kappa shape index (κ2) is 7.92. The van der Waals surface area contributed by atoms with Crippen molar-refractivity contribution in [2.75, 3.05) is 5.32 Å². The predicted octanol–water partition coefficient (Wildman–Crippen LogP) is 3.29. The molecular weight excluding hydrogens is 354 g/mol. The topological polar surface area (TPSA) is 94.3 Å². The maximum absolute atomic E-state index is 12.1. The highest BCUT2D eigenvalue weighted by molar-refractivity contribution is 7.09. The number of ether oxygens (including phenoxy) is 1. The molecule has 134 valence electrons. The third-order valence-corrected chi connectivity index (χ3v) is 4.32. The Hall–Kier alpha value is -3.00. The van der Waals surface area contributed by atoms with Crippen LogP contribution in [0, 0.1) is 13.8 Å². The lowest BCUT2D eigenvalue weighted by Crippen LogP contribution is -2.14. The molecule has 8 heteroatoms. The van der Waals surface area contributed by atoms with E-state index in [1.807, 2.05) is 31.2 Å². The number of aromatic nitrogens is 2. The number of hydrogen-bond donors (Lipinski definition) is 1. The van der Waals surface area contributed by atoms with Crippen molar-refractivity contribution in [3.8, 4) is 0 Å². The highest BCUT2D eigenvalue weighted by Gasteiger charge is 2.15. The molecule has 0 aliphatic carbocycles. The molecule has 0 unspecified atom stereocenters. The first-order valence-corrected chi connectivity index (χ1v) is 8.78. The quantitative estimate of drug-likeness (QED) is 0.668. The predicted molar refractivity (Wildman–Crippen MR) is 96.0 cm³/mol. The molecule has 0 fully saturated rings. The Bertz CT molecular complexity index is 915. The number of anilines is 1. The largest absolute Gasteiger partial charge is 0.453 e. The maximum Gasteiger partial charge on any atom is 0.377 e. The van der Waals surface area contributed by atoms with E-state index in [1.54, 1.807) is 12.3 Å². The van der Waals surface area contributed by atoms with Gasteiger partial charge in [0.2, 0.25) is 11.7 Å². The van der Waals surface area contributed by atoms with Gasteiger partial charge in [-0.05, 0) is 26.0 Å². The summed E-state index contributed by atoms with van der Waals surface area (Å²) >= 11 is 1.34. The lowest BCUT2D eigenvalue weighted by atomic mass is 10.2. The van der Waals surface area contributed by atoms with E-state index in [4.69, 9.17) is 9.26 Å². The molecule has 0 saturated carbocycles. The van der Waals surface area contributed by atoms with Crippen molar-refractivity contribution in [1.82, 2.24) is 10.1 Å². The van der Waals surface area contributed by atoms with Crippen LogP contribution in [0.2, 0.25) is 0 Å². The van der Waals surface area contributed by atoms with Crippen LogP contribution in [0.25, 0.3) is 0 Å². The van der Waals surface area contributed by atoms with Crippen LogP contribution in [-0.2, 0) is 22.6 Å². The Morgan fingerprint density at radius 1 is 1.23 bits per heavy atom. The number of nitrogens with one attached hydrogen (secondary N) is 1. The molecule has 0 atom stereocenters. The van der Waals surface area contributed by atoms with E-state index >= 15 is 0 Å². The Morgan fingerprint density at radius 3 is 2.69 bits per heavy atom. The molecule has 1 aromatic carbocycles. The smallest absolute Gasteiger partial charge is 0.377 e. The van der Waals surface area contributed by atoms with Gasteiger partial charge in [0.05, 0.1) is 17.8 Å². The molecule has 0 aliphatic heterocycles. The van der Waals surface area contributed by atoms with Crippen molar-refractivity contribution in [3.05, 3.63) is 63.4 Å². The van der Waals surface area contributed by atoms with E-state index in [0.29, 0.717) is 16.4 Å². The van der Waals surface area contributed by atoms with E-state index < -0.39 is 5.97 Å². The summed E-state index contributed by atoms with van der Waals surface area (Å²) in [6, 6.07) is 9.07. The molecule has 0 radical (unpaired) electrons. The highest BCUT2D eigenvalue weighted by Crippen LogP contribution is 2.14. The van der Waals surface area contributed by atoms with Gasteiger partial charge in [0.25, 0.3) is 0 Å². The summed E-state index contributed by atoms with van der Waals surface area (Å²) in [7, 11) is 0. The Kier molecular flexibility index (Phi) is 5.43. The van der Waals surface area contributed by atoms with Crippen LogP contribution in [0.1, 0.15) is 32.5 Å². The monoisotopic (exact) mass is 371 g/mol. The minimum atomic E-state index is -0.600. The average Bonchev–Trinajstić information content (AvgIpc) is 3.24. The van der Waals surface area contributed by atoms with Gasteiger partial charge in [-0.25, -0.2) is 9.78 Å². The fourth-order valence-electron chi connectivity index (χ4n) is 2.15. The van der Waals surface area contributed by atoms with Crippen molar-refractivity contribution in [1.29, 1.82) is 0 Å². The standard InChI is InChI=1S/C18H17N3O4S/c1-11-3-5-13(6-4-11)19-16(22)8-17-20-14(10-26-17)9-24-18(23)15-7-12(2)21-25-15/h3-7,10H,8-9H2,1-2H3,(H,19,22). The summed E-state index contributed by atoms with van der Waals surface area (Å²) in [5, 5.41) is 8.87. The zero-order chi connectivity index (χ0) is 18.5. The Labute approximate surface area is 154 Å². The molecule has 0 spiro atoms. The lowest BCUT2D eigenvalue weighted by molar-refractivity contribution is -0.115. The first kappa shape index (κ1) is 17.8. The van der Waals surface area contributed by atoms with Crippen LogP contribution >= 0.6 is 11.3 Å². The number of carbonyl (C=O) groups excluding carboxylic acids is 2. The fraction of sp³-hybridized carbons (Fsp3) is 0.222. The Balaban J connectivity index is 1.50. The average molecular weight is 371 g/mol. The van der Waals surface area contributed by atoms with Crippen LogP contribution in [-0.4, -0.2) is 22.0 Å². The second-order valence-corrected chi connectivity index (χ2v) is 6.67. The van der Waals surface area contributed by atoms with Gasteiger partial charge in [0.1, 0.15) is 11.6 Å². The molecule has 0 aliphatic rings. The lowest BCUT2D eigenvalue weighted by Gasteiger charge is -2.04. The number of thiazole rings is 1. The van der Waals surface area contributed by atoms with Crippen molar-refractivity contribution >= 4 is 28.9 Å². The summed E-state index contributed by atoms with van der Waals surface area (Å²) in [4.78, 5) is 28.2. The molecule has 2 aromatic heterocycles. The van der Waals surface area contributed by atoms with Crippen LogP contribution in [0.5, 0.6) is 0 Å². The first-order valence-electron chi connectivity index (χ1n) is 7.90. The van der Waals surface area contributed by atoms with E-state index in [-0.39, 0.29) is 24.7 Å². The van der Waals surface area contributed by atoms with Crippen LogP contribution in [0.15, 0.2) is 40.2 Å². The van der Waals surface area contributed by atoms with E-state index in [2.05, 4.69) is 15.5 Å². The van der Waals surface area contributed by atoms with Gasteiger partial charge in [-0.15, -0.1) is 11.3 Å². The first-order chi connectivity index (χ1) is 12.5. The number of benzene rings is 1. The minimum absolute atomic E-state index is 0.00859. The molecule has 1 amide bonds. The van der Waals surface area contributed by atoms with Gasteiger partial charge in [0, 0.05) is 17.1 Å². The van der Waals surface area contributed by atoms with Crippen molar-refractivity contribution in [2.24, 2.45) is 0 Å². The van der Waals surface area contributed by atoms with Gasteiger partial charge >= 0.3 is 5.97 Å². The number of esters is 1. The number of rotatable bonds is 6. The second-order valence-electron chi connectivity index (χ2n) is 5.73. The number of amides is 1. The van der Waals surface area contributed by atoms with Crippen molar-refractivity contribution < 1.29 is 18.8 Å². The van der Waals surface area contributed by atoms with Crippen LogP contribution in [0.4, 0.5) is 5.69 Å². The molecular formula is C18H17N3O4S. The maximum atomic E-state index is 12.1. The van der Waals surface area contributed by atoms with Crippen molar-refractivity contribution in [2.45, 2.75) is 26.9 Å². The summed E-state index contributed by atoms with van der Waals surface area (Å²) in [6.45, 7) is 3.71. The summed E-state index contributed by atoms with van der Waals surface area (Å²) in [5.41, 5.74) is 3.06. The van der Waals surface area contributed by atoms with Crippen molar-refractivity contribution in [3.63, 3.8) is 0 Å². The van der Waals surface area contributed by atoms with Gasteiger partial charge in [-0.2, -0.15) is 0 Å². The SMILES string of the molecule is Cc1ccc(NC(=O)Cc2nc(COC(=O)c3cc(C)no3)cs2)cc1. The van der Waals surface area contributed by atoms with Gasteiger partial charge in [0.15, 0.2) is 0 Å². The molecule has 26 heavy (non-hydrogen) atoms. The van der Waals surface area contributed by atoms with Gasteiger partial charge in [-0.3, -0.25) is 4.79 Å². The normalized spacial score (nSPS) is 10.5. The molecule has 1 N–H and O–H groups in total. The Morgan fingerprint density at radius 2 is 2.00 bits per heavy atom. The third kappa shape index (κ3) is 4.76. The molecule has 0 saturated heterocycles. The summed E-state index contributed by atoms with van der Waals surface area (Å²) < 4.78 is 9.96.